The van der Waals surface area contributed by atoms with Crippen molar-refractivity contribution in [2.24, 2.45) is 0 Å². The summed E-state index contributed by atoms with van der Waals surface area (Å²) in [5, 5.41) is 0. The fourth-order valence-corrected chi connectivity index (χ4v) is 2.08. The Morgan fingerprint density at radius 1 is 0.792 bits per heavy atom. The summed E-state index contributed by atoms with van der Waals surface area (Å²) in [5.41, 5.74) is -0.910. The normalized spacial score (nSPS) is 11.9. The average molecular weight is 340 g/mol. The second kappa shape index (κ2) is 7.86. The van der Waals surface area contributed by atoms with Crippen molar-refractivity contribution in [1.82, 2.24) is 0 Å². The van der Waals surface area contributed by atoms with Gasteiger partial charge in [-0.1, -0.05) is 0 Å². The van der Waals surface area contributed by atoms with Crippen molar-refractivity contribution in [3.63, 3.8) is 0 Å². The van der Waals surface area contributed by atoms with E-state index in [-0.39, 0.29) is 17.9 Å². The highest BCUT2D eigenvalue weighted by Gasteiger charge is 2.21. The molecule has 2 aromatic carbocycles. The first-order chi connectivity index (χ1) is 11.5. The lowest BCUT2D eigenvalue weighted by Gasteiger charge is -2.09. The van der Waals surface area contributed by atoms with Gasteiger partial charge in [0.15, 0.2) is 23.2 Å². The molecule has 6 heteroatoms. The van der Waals surface area contributed by atoms with Crippen molar-refractivity contribution < 1.29 is 27.0 Å². The molecule has 0 spiro atoms. The molecule has 0 fully saturated rings. The largest absolute Gasteiger partial charge is 0.494 e. The van der Waals surface area contributed by atoms with Gasteiger partial charge in [0, 0.05) is 5.56 Å². The van der Waals surface area contributed by atoms with Gasteiger partial charge in [-0.3, -0.25) is 0 Å². The van der Waals surface area contributed by atoms with Crippen LogP contribution >= 0.6 is 0 Å². The Labute approximate surface area is 137 Å². The predicted octanol–water partition coefficient (Wildman–Crippen LogP) is 5.53. The molecule has 0 saturated carbocycles. The zero-order valence-corrected chi connectivity index (χ0v) is 13.2. The Morgan fingerprint density at radius 2 is 1.42 bits per heavy atom. The third-order valence-electron chi connectivity index (χ3n) is 3.19. The molecule has 0 atom stereocenters. The van der Waals surface area contributed by atoms with Crippen LogP contribution in [0.4, 0.5) is 17.6 Å². The van der Waals surface area contributed by atoms with Crippen LogP contribution in [0.5, 0.6) is 11.5 Å². The first-order valence-corrected chi connectivity index (χ1v) is 7.39. The van der Waals surface area contributed by atoms with Gasteiger partial charge in [0.1, 0.15) is 5.75 Å². The van der Waals surface area contributed by atoms with Crippen LogP contribution in [0.25, 0.3) is 11.7 Å². The highest BCUT2D eigenvalue weighted by Crippen LogP contribution is 2.33. The van der Waals surface area contributed by atoms with Crippen molar-refractivity contribution in [2.75, 3.05) is 13.2 Å². The SMILES string of the molecule is CCOc1ccc(/C(F)=C(\F)c2ccc(OCC)c(F)c2F)cc1. The summed E-state index contributed by atoms with van der Waals surface area (Å²) in [6.07, 6.45) is 0. The Hall–Kier alpha value is -2.50. The molecule has 2 aromatic rings. The summed E-state index contributed by atoms with van der Waals surface area (Å²) < 4.78 is 66.3. The molecule has 0 unspecified atom stereocenters. The highest BCUT2D eigenvalue weighted by molar-refractivity contribution is 5.83. The minimum Gasteiger partial charge on any atom is -0.494 e. The van der Waals surface area contributed by atoms with Gasteiger partial charge in [-0.05, 0) is 50.2 Å². The molecular formula is C18H16F4O2. The zero-order valence-electron chi connectivity index (χ0n) is 13.2. The maximum absolute atomic E-state index is 14.2. The summed E-state index contributed by atoms with van der Waals surface area (Å²) in [6, 6.07) is 7.50. The van der Waals surface area contributed by atoms with Crippen LogP contribution in [0.3, 0.4) is 0 Å². The van der Waals surface area contributed by atoms with Crippen LogP contribution in [0, 0.1) is 11.6 Å². The molecule has 0 aliphatic carbocycles. The molecule has 0 saturated heterocycles. The Balaban J connectivity index is 2.39. The van der Waals surface area contributed by atoms with Gasteiger partial charge in [-0.2, -0.15) is 4.39 Å². The molecule has 0 bridgehead atoms. The minimum absolute atomic E-state index is 0.107. The Morgan fingerprint density at radius 3 is 2.00 bits per heavy atom. The molecule has 0 heterocycles. The molecule has 2 nitrogen and oxygen atoms in total. The summed E-state index contributed by atoms with van der Waals surface area (Å²) in [7, 11) is 0. The van der Waals surface area contributed by atoms with Gasteiger partial charge in [0.25, 0.3) is 0 Å². The first-order valence-electron chi connectivity index (χ1n) is 7.39. The van der Waals surface area contributed by atoms with Crippen LogP contribution in [0.15, 0.2) is 36.4 Å². The van der Waals surface area contributed by atoms with Crippen molar-refractivity contribution in [3.05, 3.63) is 59.2 Å². The van der Waals surface area contributed by atoms with Crippen LogP contribution in [0.1, 0.15) is 25.0 Å². The van der Waals surface area contributed by atoms with E-state index in [1.807, 2.05) is 0 Å². The second-order valence-corrected chi connectivity index (χ2v) is 4.76. The van der Waals surface area contributed by atoms with Gasteiger partial charge in [-0.25, -0.2) is 13.2 Å². The van der Waals surface area contributed by atoms with E-state index in [9.17, 15) is 17.6 Å². The van der Waals surface area contributed by atoms with E-state index in [0.717, 1.165) is 12.1 Å². The van der Waals surface area contributed by atoms with Gasteiger partial charge >= 0.3 is 0 Å². The molecular weight excluding hydrogens is 324 g/mol. The molecule has 128 valence electrons. The monoisotopic (exact) mass is 340 g/mol. The fraction of sp³-hybridized carbons (Fsp3) is 0.222. The number of hydrogen-bond acceptors (Lipinski definition) is 2. The van der Waals surface area contributed by atoms with E-state index in [0.29, 0.717) is 12.4 Å². The summed E-state index contributed by atoms with van der Waals surface area (Å²) >= 11 is 0. The van der Waals surface area contributed by atoms with Crippen molar-refractivity contribution in [1.29, 1.82) is 0 Å². The van der Waals surface area contributed by atoms with Crippen molar-refractivity contribution in [2.45, 2.75) is 13.8 Å². The van der Waals surface area contributed by atoms with E-state index in [2.05, 4.69) is 0 Å². The Kier molecular flexibility index (Phi) is 5.84. The number of benzene rings is 2. The third kappa shape index (κ3) is 3.69. The maximum Gasteiger partial charge on any atom is 0.201 e. The molecule has 2 rings (SSSR count). The van der Waals surface area contributed by atoms with E-state index >= 15 is 0 Å². The molecule has 0 radical (unpaired) electrons. The van der Waals surface area contributed by atoms with Crippen molar-refractivity contribution in [3.8, 4) is 11.5 Å². The fourth-order valence-electron chi connectivity index (χ4n) is 2.08. The van der Waals surface area contributed by atoms with Gasteiger partial charge in [-0.15, -0.1) is 0 Å². The lowest BCUT2D eigenvalue weighted by Crippen LogP contribution is -2.00. The lowest BCUT2D eigenvalue weighted by atomic mass is 10.1. The van der Waals surface area contributed by atoms with Crippen molar-refractivity contribution >= 4 is 11.7 Å². The number of ether oxygens (including phenoxy) is 2. The second-order valence-electron chi connectivity index (χ2n) is 4.76. The molecule has 0 aliphatic heterocycles. The highest BCUT2D eigenvalue weighted by atomic mass is 19.2. The Bertz CT molecular complexity index is 739. The van der Waals surface area contributed by atoms with E-state index in [1.54, 1.807) is 13.8 Å². The third-order valence-corrected chi connectivity index (χ3v) is 3.19. The number of rotatable bonds is 6. The van der Waals surface area contributed by atoms with E-state index in [4.69, 9.17) is 9.47 Å². The van der Waals surface area contributed by atoms with E-state index < -0.39 is 28.9 Å². The lowest BCUT2D eigenvalue weighted by molar-refractivity contribution is 0.313. The van der Waals surface area contributed by atoms with Gasteiger partial charge < -0.3 is 9.47 Å². The topological polar surface area (TPSA) is 18.5 Å². The number of halogens is 4. The quantitative estimate of drug-likeness (QED) is 0.509. The molecule has 0 N–H and O–H groups in total. The summed E-state index contributed by atoms with van der Waals surface area (Å²) in [4.78, 5) is 0. The summed E-state index contributed by atoms with van der Waals surface area (Å²) in [5.74, 6) is -5.50. The van der Waals surface area contributed by atoms with Crippen LogP contribution < -0.4 is 9.47 Å². The standard InChI is InChI=1S/C18H16F4O2/c1-3-23-12-7-5-11(6-8-12)15(19)16(20)13-9-10-14(24-4-2)18(22)17(13)21/h5-10H,3-4H2,1-2H3/b16-15+. The smallest absolute Gasteiger partial charge is 0.201 e. The van der Waals surface area contributed by atoms with Crippen LogP contribution in [0.2, 0.25) is 0 Å². The van der Waals surface area contributed by atoms with Gasteiger partial charge in [0.05, 0.1) is 18.8 Å². The molecule has 24 heavy (non-hydrogen) atoms. The molecule has 0 aliphatic rings. The minimum atomic E-state index is -1.50. The van der Waals surface area contributed by atoms with E-state index in [1.165, 1.54) is 24.3 Å². The van der Waals surface area contributed by atoms with Crippen LogP contribution in [-0.2, 0) is 0 Å². The maximum atomic E-state index is 14.2. The summed E-state index contributed by atoms with van der Waals surface area (Å²) in [6.45, 7) is 3.94. The zero-order chi connectivity index (χ0) is 17.7. The molecule has 0 aromatic heterocycles. The first kappa shape index (κ1) is 17.8. The average Bonchev–Trinajstić information content (AvgIpc) is 2.59. The number of hydrogen-bond donors (Lipinski definition) is 0. The van der Waals surface area contributed by atoms with Crippen LogP contribution in [-0.4, -0.2) is 13.2 Å². The predicted molar refractivity (Wildman–Crippen MR) is 84.2 cm³/mol. The van der Waals surface area contributed by atoms with Gasteiger partial charge in [0.2, 0.25) is 5.82 Å². The molecule has 0 amide bonds.